The molecule has 3 aromatic carbocycles. The van der Waals surface area contributed by atoms with Gasteiger partial charge < -0.3 is 19.1 Å². The van der Waals surface area contributed by atoms with Gasteiger partial charge in [-0.05, 0) is 55.7 Å². The summed E-state index contributed by atoms with van der Waals surface area (Å²) in [5, 5.41) is 7.62. The highest BCUT2D eigenvalue weighted by atomic mass is 16.5. The minimum atomic E-state index is -0.270. The predicted octanol–water partition coefficient (Wildman–Crippen LogP) is 5.59. The Labute approximate surface area is 217 Å². The maximum Gasteiger partial charge on any atom is 0.273 e. The van der Waals surface area contributed by atoms with Crippen molar-refractivity contribution in [3.05, 3.63) is 94.7 Å². The highest BCUT2D eigenvalue weighted by Gasteiger charge is 2.42. The Morgan fingerprint density at radius 1 is 0.946 bits per heavy atom. The topological polar surface area (TPSA) is 76.7 Å². The summed E-state index contributed by atoms with van der Waals surface area (Å²) >= 11 is 0. The summed E-state index contributed by atoms with van der Waals surface area (Å²) < 4.78 is 16.5. The number of carbonyl (C=O) groups excluding carboxylic acids is 1. The summed E-state index contributed by atoms with van der Waals surface area (Å²) in [6, 6.07) is 21.8. The van der Waals surface area contributed by atoms with Gasteiger partial charge in [-0.3, -0.25) is 9.89 Å². The molecule has 1 atom stereocenters. The standard InChI is InChI=1S/C30H31N3O4/c1-5-37-23-13-11-22(12-14-23)29-26-27(21-9-6-19(2)7-10-21)31-32-28(26)30(34)33(29)17-16-20-8-15-24(35-3)25(18-20)36-4/h6-15,18,29H,5,16-17H2,1-4H3,(H,31,32). The number of aryl methyl sites for hydroxylation is 1. The van der Waals surface area contributed by atoms with Gasteiger partial charge in [0.05, 0.1) is 32.6 Å². The van der Waals surface area contributed by atoms with Crippen molar-refractivity contribution in [2.45, 2.75) is 26.3 Å². The van der Waals surface area contributed by atoms with Crippen LogP contribution in [0, 0.1) is 6.92 Å². The molecule has 1 unspecified atom stereocenters. The first-order valence-corrected chi connectivity index (χ1v) is 12.4. The van der Waals surface area contributed by atoms with Crippen molar-refractivity contribution >= 4 is 5.91 Å². The van der Waals surface area contributed by atoms with E-state index in [1.165, 1.54) is 5.56 Å². The SMILES string of the molecule is CCOc1ccc(C2c3c(-c4ccc(C)cc4)n[nH]c3C(=O)N2CCc2ccc(OC)c(OC)c2)cc1. The summed E-state index contributed by atoms with van der Waals surface area (Å²) in [4.78, 5) is 15.6. The second-order valence-corrected chi connectivity index (χ2v) is 9.07. The molecule has 0 bridgehead atoms. The number of hydrogen-bond donors (Lipinski definition) is 1. The lowest BCUT2D eigenvalue weighted by Gasteiger charge is -2.27. The second-order valence-electron chi connectivity index (χ2n) is 9.07. The van der Waals surface area contributed by atoms with Gasteiger partial charge in [0.2, 0.25) is 0 Å². The maximum absolute atomic E-state index is 13.7. The lowest BCUT2D eigenvalue weighted by molar-refractivity contribution is 0.0746. The van der Waals surface area contributed by atoms with Crippen LogP contribution in [0.4, 0.5) is 0 Å². The zero-order chi connectivity index (χ0) is 25.9. The smallest absolute Gasteiger partial charge is 0.273 e. The summed E-state index contributed by atoms with van der Waals surface area (Å²) in [5.74, 6) is 2.10. The van der Waals surface area contributed by atoms with Gasteiger partial charge in [0.1, 0.15) is 11.4 Å². The number of methoxy groups -OCH3 is 2. The van der Waals surface area contributed by atoms with Crippen molar-refractivity contribution in [1.29, 1.82) is 0 Å². The van der Waals surface area contributed by atoms with Gasteiger partial charge in [-0.25, -0.2) is 0 Å². The van der Waals surface area contributed by atoms with Gasteiger partial charge in [0, 0.05) is 17.7 Å². The van der Waals surface area contributed by atoms with E-state index in [1.807, 2.05) is 54.3 Å². The van der Waals surface area contributed by atoms with Crippen molar-refractivity contribution in [2.75, 3.05) is 27.4 Å². The van der Waals surface area contributed by atoms with Crippen LogP contribution in [0.25, 0.3) is 11.3 Å². The molecule has 5 rings (SSSR count). The molecular weight excluding hydrogens is 466 g/mol. The molecule has 0 spiro atoms. The van der Waals surface area contributed by atoms with Crippen molar-refractivity contribution in [1.82, 2.24) is 15.1 Å². The lowest BCUT2D eigenvalue weighted by Crippen LogP contribution is -2.31. The Bertz CT molecular complexity index is 1390. The number of hydrogen-bond acceptors (Lipinski definition) is 5. The molecule has 1 aliphatic rings. The average molecular weight is 498 g/mol. The van der Waals surface area contributed by atoms with E-state index >= 15 is 0 Å². The number of ether oxygens (including phenoxy) is 3. The first-order valence-electron chi connectivity index (χ1n) is 12.4. The molecule has 1 N–H and O–H groups in total. The van der Waals surface area contributed by atoms with E-state index in [-0.39, 0.29) is 11.9 Å². The molecule has 1 aromatic heterocycles. The quantitative estimate of drug-likeness (QED) is 0.326. The number of aromatic nitrogens is 2. The number of H-pyrrole nitrogens is 1. The Morgan fingerprint density at radius 3 is 2.35 bits per heavy atom. The molecule has 0 saturated carbocycles. The summed E-state index contributed by atoms with van der Waals surface area (Å²) in [5.41, 5.74) is 6.48. The van der Waals surface area contributed by atoms with Gasteiger partial charge >= 0.3 is 0 Å². The molecule has 7 nitrogen and oxygen atoms in total. The highest BCUT2D eigenvalue weighted by Crippen LogP contribution is 2.43. The molecule has 4 aromatic rings. The highest BCUT2D eigenvalue weighted by molar-refractivity contribution is 6.00. The van der Waals surface area contributed by atoms with E-state index in [9.17, 15) is 4.79 Å². The van der Waals surface area contributed by atoms with Crippen LogP contribution in [-0.2, 0) is 6.42 Å². The van der Waals surface area contributed by atoms with Crippen molar-refractivity contribution in [2.24, 2.45) is 0 Å². The second kappa shape index (κ2) is 10.4. The van der Waals surface area contributed by atoms with Crippen molar-refractivity contribution in [3.8, 4) is 28.5 Å². The Kier molecular flexibility index (Phi) is 6.86. The normalized spacial score (nSPS) is 14.5. The summed E-state index contributed by atoms with van der Waals surface area (Å²) in [6.45, 7) is 5.15. The van der Waals surface area contributed by atoms with Crippen LogP contribution >= 0.6 is 0 Å². The predicted molar refractivity (Wildman–Crippen MR) is 143 cm³/mol. The first kappa shape index (κ1) is 24.4. The van der Waals surface area contributed by atoms with Crippen LogP contribution in [-0.4, -0.2) is 48.4 Å². The molecule has 0 radical (unpaired) electrons. The third kappa shape index (κ3) is 4.65. The van der Waals surface area contributed by atoms with E-state index in [4.69, 9.17) is 14.2 Å². The van der Waals surface area contributed by atoms with Crippen molar-refractivity contribution in [3.63, 3.8) is 0 Å². The molecule has 0 fully saturated rings. The molecule has 7 heteroatoms. The number of nitrogens with one attached hydrogen (secondary N) is 1. The minimum absolute atomic E-state index is 0.0553. The monoisotopic (exact) mass is 497 g/mol. The lowest BCUT2D eigenvalue weighted by atomic mass is 9.95. The van der Waals surface area contributed by atoms with E-state index in [0.29, 0.717) is 36.8 Å². The van der Waals surface area contributed by atoms with Crippen LogP contribution in [0.1, 0.15) is 45.7 Å². The molecule has 0 saturated heterocycles. The molecule has 190 valence electrons. The molecule has 1 aliphatic heterocycles. The fourth-order valence-electron chi connectivity index (χ4n) is 4.90. The Hall–Kier alpha value is -4.26. The summed E-state index contributed by atoms with van der Waals surface area (Å²) in [6.07, 6.45) is 0.664. The van der Waals surface area contributed by atoms with Crippen LogP contribution in [0.15, 0.2) is 66.7 Å². The number of amides is 1. The maximum atomic E-state index is 13.7. The number of rotatable bonds is 9. The zero-order valence-electron chi connectivity index (χ0n) is 21.6. The third-order valence-electron chi connectivity index (χ3n) is 6.78. The molecule has 0 aliphatic carbocycles. The fourth-order valence-corrected chi connectivity index (χ4v) is 4.90. The molecule has 2 heterocycles. The van der Waals surface area contributed by atoms with Crippen LogP contribution in [0.5, 0.6) is 17.2 Å². The van der Waals surface area contributed by atoms with E-state index in [2.05, 4.69) is 41.4 Å². The van der Waals surface area contributed by atoms with E-state index in [1.54, 1.807) is 14.2 Å². The number of fused-ring (bicyclic) bond motifs is 1. The minimum Gasteiger partial charge on any atom is -0.494 e. The molecule has 37 heavy (non-hydrogen) atoms. The van der Waals surface area contributed by atoms with E-state index in [0.717, 1.165) is 33.7 Å². The largest absolute Gasteiger partial charge is 0.494 e. The van der Waals surface area contributed by atoms with Crippen LogP contribution in [0.3, 0.4) is 0 Å². The Morgan fingerprint density at radius 2 is 1.68 bits per heavy atom. The van der Waals surface area contributed by atoms with Gasteiger partial charge in [-0.15, -0.1) is 0 Å². The Balaban J connectivity index is 1.52. The first-order chi connectivity index (χ1) is 18.0. The average Bonchev–Trinajstić information content (AvgIpc) is 3.47. The van der Waals surface area contributed by atoms with Crippen LogP contribution < -0.4 is 14.2 Å². The zero-order valence-corrected chi connectivity index (χ0v) is 21.6. The summed E-state index contributed by atoms with van der Waals surface area (Å²) in [7, 11) is 3.24. The van der Waals surface area contributed by atoms with E-state index < -0.39 is 0 Å². The third-order valence-corrected chi connectivity index (χ3v) is 6.78. The number of carbonyl (C=O) groups is 1. The molecule has 1 amide bonds. The van der Waals surface area contributed by atoms with Gasteiger partial charge in [-0.1, -0.05) is 48.0 Å². The fraction of sp³-hybridized carbons (Fsp3) is 0.267. The van der Waals surface area contributed by atoms with Gasteiger partial charge in [-0.2, -0.15) is 5.10 Å². The molecular formula is C30H31N3O4. The van der Waals surface area contributed by atoms with Gasteiger partial charge in [0.15, 0.2) is 11.5 Å². The number of benzene rings is 3. The van der Waals surface area contributed by atoms with Crippen molar-refractivity contribution < 1.29 is 19.0 Å². The number of aromatic amines is 1. The van der Waals surface area contributed by atoms with Gasteiger partial charge in [0.25, 0.3) is 5.91 Å². The van der Waals surface area contributed by atoms with Crippen LogP contribution in [0.2, 0.25) is 0 Å². The number of nitrogens with zero attached hydrogens (tertiary/aromatic N) is 2.